The van der Waals surface area contributed by atoms with E-state index in [2.05, 4.69) is 0 Å². The monoisotopic (exact) mass is 806 g/mol. The summed E-state index contributed by atoms with van der Waals surface area (Å²) >= 11 is 0. The number of hydrogen-bond donors (Lipinski definition) is 0. The van der Waals surface area contributed by atoms with Gasteiger partial charge in [-0.3, -0.25) is 28.8 Å². The highest BCUT2D eigenvalue weighted by Gasteiger charge is 2.61. The molecular weight excluding hydrogens is 756 g/mol. The van der Waals surface area contributed by atoms with Crippen LogP contribution in [-0.4, -0.2) is 153 Å². The molecule has 0 amide bonds. The maximum absolute atomic E-state index is 12.7. The van der Waals surface area contributed by atoms with E-state index in [1.54, 1.807) is 20.8 Å². The minimum atomic E-state index is -1.71. The molecule has 5 saturated heterocycles. The molecule has 0 spiro atoms. The first-order chi connectivity index (χ1) is 26.2. The van der Waals surface area contributed by atoms with E-state index in [9.17, 15) is 28.8 Å². The predicted molar refractivity (Wildman–Crippen MR) is 176 cm³/mol. The van der Waals surface area contributed by atoms with E-state index in [1.165, 1.54) is 6.92 Å². The van der Waals surface area contributed by atoms with E-state index in [0.717, 1.165) is 41.5 Å². The van der Waals surface area contributed by atoms with Gasteiger partial charge in [0.1, 0.15) is 43.2 Å². The van der Waals surface area contributed by atoms with Gasteiger partial charge >= 0.3 is 35.8 Å². The number of carbonyl (C=O) groups is 6. The van der Waals surface area contributed by atoms with Crippen molar-refractivity contribution in [3.63, 3.8) is 0 Å². The van der Waals surface area contributed by atoms with Gasteiger partial charge in [0, 0.05) is 41.5 Å². The van der Waals surface area contributed by atoms with E-state index < -0.39 is 147 Å². The highest BCUT2D eigenvalue weighted by Crippen LogP contribution is 2.42. The van der Waals surface area contributed by atoms with Crippen LogP contribution in [0.25, 0.3) is 0 Å². The minimum Gasteiger partial charge on any atom is -0.463 e. The summed E-state index contributed by atoms with van der Waals surface area (Å²) < 4.78 is 88.6. The maximum Gasteiger partial charge on any atom is 0.303 e. The topological polar surface area (TPSA) is 241 Å². The molecule has 5 aliphatic heterocycles. The Labute approximate surface area is 322 Å². The van der Waals surface area contributed by atoms with Gasteiger partial charge in [-0.1, -0.05) is 0 Å². The maximum atomic E-state index is 12.7. The third-order valence-electron chi connectivity index (χ3n) is 9.12. The Morgan fingerprint density at radius 2 is 1.05 bits per heavy atom. The number of esters is 6. The van der Waals surface area contributed by atoms with Crippen LogP contribution in [0.1, 0.15) is 69.2 Å². The number of hydrogen-bond acceptors (Lipinski definition) is 21. The number of fused-ring (bicyclic) bond motifs is 2. The predicted octanol–water partition coefficient (Wildman–Crippen LogP) is 0.0859. The Kier molecular flexibility index (Phi) is 14.0. The van der Waals surface area contributed by atoms with Crippen molar-refractivity contribution in [3.8, 4) is 0 Å². The van der Waals surface area contributed by atoms with Gasteiger partial charge in [0.2, 0.25) is 0 Å². The van der Waals surface area contributed by atoms with Crippen LogP contribution in [0, 0.1) is 0 Å². The van der Waals surface area contributed by atoms with Crippen LogP contribution in [0.4, 0.5) is 0 Å². The Morgan fingerprint density at radius 1 is 0.554 bits per heavy atom. The summed E-state index contributed by atoms with van der Waals surface area (Å²) in [6.07, 6.45) is -19.6. The van der Waals surface area contributed by atoms with Crippen LogP contribution in [-0.2, 0) is 99.8 Å². The largest absolute Gasteiger partial charge is 0.463 e. The van der Waals surface area contributed by atoms with Crippen LogP contribution < -0.4 is 0 Å². The van der Waals surface area contributed by atoms with Gasteiger partial charge in [-0.15, -0.1) is 0 Å². The zero-order valence-corrected chi connectivity index (χ0v) is 32.7. The van der Waals surface area contributed by atoms with Crippen molar-refractivity contribution in [1.82, 2.24) is 0 Å². The summed E-state index contributed by atoms with van der Waals surface area (Å²) in [5.41, 5.74) is 0. The Balaban J connectivity index is 1.51. The van der Waals surface area contributed by atoms with Crippen molar-refractivity contribution in [1.29, 1.82) is 0 Å². The minimum absolute atomic E-state index is 0.135. The van der Waals surface area contributed by atoms with Gasteiger partial charge in [0.15, 0.2) is 61.5 Å². The first-order valence-electron chi connectivity index (χ1n) is 18.1. The van der Waals surface area contributed by atoms with Crippen molar-refractivity contribution in [2.45, 2.75) is 173 Å². The van der Waals surface area contributed by atoms with Crippen LogP contribution in [0.5, 0.6) is 0 Å². The average Bonchev–Trinajstić information content (AvgIpc) is 3.38. The van der Waals surface area contributed by atoms with Crippen LogP contribution in [0.2, 0.25) is 0 Å². The SMILES string of the molecule is CC(=O)OC[C@@H]1O[C@H](O[C@@H]2[C@@H](OC(C)=O)[C@H](OC(C)=O)[C@@H](O[C@H]3[C@@H]4OC(C)(C)O[C@@H]4O[C@H]4CO[C@H](C)O[C@H]34)O[C@H]2C)[C@@H](OC(C)=O)[C@H](OC(C)=O)[C@H]1OC(C)=O. The first kappa shape index (κ1) is 43.6. The van der Waals surface area contributed by atoms with E-state index in [0.29, 0.717) is 0 Å². The van der Waals surface area contributed by atoms with E-state index in [4.69, 9.17) is 71.1 Å². The fraction of sp³-hybridized carbons (Fsp3) is 0.829. The second-order valence-electron chi connectivity index (χ2n) is 14.3. The summed E-state index contributed by atoms with van der Waals surface area (Å²) in [6.45, 7) is 12.8. The molecule has 0 saturated carbocycles. The van der Waals surface area contributed by atoms with Gasteiger partial charge < -0.3 is 71.1 Å². The number of carbonyl (C=O) groups excluding carboxylic acids is 6. The van der Waals surface area contributed by atoms with Crippen molar-refractivity contribution in [2.24, 2.45) is 0 Å². The Bertz CT molecular complexity index is 1470. The van der Waals surface area contributed by atoms with Crippen LogP contribution in [0.15, 0.2) is 0 Å². The molecule has 5 rings (SSSR count). The molecule has 0 N–H and O–H groups in total. The van der Waals surface area contributed by atoms with E-state index in [-0.39, 0.29) is 6.61 Å². The molecule has 0 radical (unpaired) electrons. The van der Waals surface area contributed by atoms with Crippen LogP contribution >= 0.6 is 0 Å². The second kappa shape index (κ2) is 17.9. The fourth-order valence-electron chi connectivity index (χ4n) is 7.20. The van der Waals surface area contributed by atoms with Crippen molar-refractivity contribution >= 4 is 35.8 Å². The van der Waals surface area contributed by atoms with Gasteiger partial charge in [0.05, 0.1) is 12.7 Å². The Morgan fingerprint density at radius 3 is 1.61 bits per heavy atom. The first-order valence-corrected chi connectivity index (χ1v) is 18.1. The average molecular weight is 807 g/mol. The zero-order valence-electron chi connectivity index (χ0n) is 32.7. The third kappa shape index (κ3) is 10.5. The lowest BCUT2D eigenvalue weighted by Crippen LogP contribution is -2.68. The molecule has 0 aromatic rings. The molecule has 0 unspecified atom stereocenters. The molecule has 316 valence electrons. The highest BCUT2D eigenvalue weighted by molar-refractivity contribution is 5.69. The lowest BCUT2D eigenvalue weighted by molar-refractivity contribution is -0.383. The molecule has 0 aromatic carbocycles. The molecule has 56 heavy (non-hydrogen) atoms. The molecule has 16 atom stereocenters. The fourth-order valence-corrected chi connectivity index (χ4v) is 7.20. The van der Waals surface area contributed by atoms with Gasteiger partial charge in [-0.25, -0.2) is 0 Å². The normalized spacial score (nSPS) is 40.2. The third-order valence-corrected chi connectivity index (χ3v) is 9.12. The summed E-state index contributed by atoms with van der Waals surface area (Å²) in [6, 6.07) is 0. The molecule has 0 aliphatic carbocycles. The molecule has 5 aliphatic rings. The van der Waals surface area contributed by atoms with Crippen LogP contribution in [0.3, 0.4) is 0 Å². The van der Waals surface area contributed by atoms with Gasteiger partial charge in [-0.05, 0) is 27.7 Å². The molecule has 5 heterocycles. The molecule has 21 heteroatoms. The summed E-state index contributed by atoms with van der Waals surface area (Å²) in [4.78, 5) is 74.3. The summed E-state index contributed by atoms with van der Waals surface area (Å²) in [5, 5.41) is 0. The molecular formula is C35H50O21. The lowest BCUT2D eigenvalue weighted by Gasteiger charge is -2.50. The van der Waals surface area contributed by atoms with E-state index >= 15 is 0 Å². The van der Waals surface area contributed by atoms with Gasteiger partial charge in [-0.2, -0.15) is 0 Å². The molecule has 0 aromatic heterocycles. The standard InChI is InChI=1S/C35H50O21/c1-13-23(53-33-30(49-19(7)41)27(47-17(5)39)24(45-15(3)37)21(51-33)11-42-14(2)36)26(46-16(4)38)29(48-18(6)40)32(44-13)54-28-25-22(12-43-20(8)50-25)52-34-31(28)55-35(9,10)56-34/h13,20-34H,11-12H2,1-10H3/t13-,20-,21-,22-,23-,24-,25-,26+,27+,28+,29-,30-,31-,32+,33+,34-/m0/s1. The quantitative estimate of drug-likeness (QED) is 0.198. The van der Waals surface area contributed by atoms with Crippen molar-refractivity contribution < 1.29 is 99.8 Å². The Hall–Kier alpha value is -3.54. The molecule has 21 nitrogen and oxygen atoms in total. The second-order valence-corrected chi connectivity index (χ2v) is 14.3. The van der Waals surface area contributed by atoms with E-state index in [1.807, 2.05) is 0 Å². The number of rotatable bonds is 11. The van der Waals surface area contributed by atoms with Crippen molar-refractivity contribution in [2.75, 3.05) is 13.2 Å². The summed E-state index contributed by atoms with van der Waals surface area (Å²) in [7, 11) is 0. The lowest BCUT2D eigenvalue weighted by atomic mass is 9.95. The van der Waals surface area contributed by atoms with Crippen molar-refractivity contribution in [3.05, 3.63) is 0 Å². The highest BCUT2D eigenvalue weighted by atomic mass is 16.9. The zero-order chi connectivity index (χ0) is 41.2. The summed E-state index contributed by atoms with van der Waals surface area (Å²) in [5.74, 6) is -6.01. The van der Waals surface area contributed by atoms with Gasteiger partial charge in [0.25, 0.3) is 0 Å². The molecule has 5 fully saturated rings. The number of ether oxygens (including phenoxy) is 15. The smallest absolute Gasteiger partial charge is 0.303 e. The molecule has 0 bridgehead atoms.